The molecule has 2 aromatic rings. The third-order valence-electron chi connectivity index (χ3n) is 5.21. The number of carbonyl (C=O) groups excluding carboxylic acids is 3. The maximum atomic E-state index is 12.8. The van der Waals surface area contributed by atoms with Crippen molar-refractivity contribution in [2.45, 2.75) is 38.8 Å². The zero-order chi connectivity index (χ0) is 23.8. The number of amides is 2. The maximum absolute atomic E-state index is 12.8. The number of nitrogens with one attached hydrogen (secondary N) is 1. The van der Waals surface area contributed by atoms with Crippen molar-refractivity contribution in [3.05, 3.63) is 54.1 Å². The summed E-state index contributed by atoms with van der Waals surface area (Å²) in [7, 11) is 0. The second kappa shape index (κ2) is 11.2. The number of likely N-dealkylation sites (tertiary alicyclic amines) is 1. The topological polar surface area (TPSA) is 114 Å². The van der Waals surface area contributed by atoms with Crippen LogP contribution in [0.15, 0.2) is 48.5 Å². The number of carbonyl (C=O) groups is 3. The third-order valence-corrected chi connectivity index (χ3v) is 5.21. The standard InChI is InChI=1S/C24H28N2O7/c1-3-31-24(30)33-21-8-4-17(5-9-21)23(29)26-14-12-18(13-15-26)25-22(28)16(2)32-20-10-6-19(27)7-11-20/h4-11,16,18,27H,3,12-15H2,1-2H3,(H,25,28). The smallest absolute Gasteiger partial charge is 0.508 e. The van der Waals surface area contributed by atoms with E-state index in [4.69, 9.17) is 14.2 Å². The van der Waals surface area contributed by atoms with Crippen LogP contribution < -0.4 is 14.8 Å². The molecule has 9 heteroatoms. The molecule has 2 N–H and O–H groups in total. The lowest BCUT2D eigenvalue weighted by Crippen LogP contribution is -2.49. The number of phenols is 1. The van der Waals surface area contributed by atoms with Crippen LogP contribution in [0, 0.1) is 0 Å². The van der Waals surface area contributed by atoms with E-state index in [1.807, 2.05) is 0 Å². The molecule has 0 radical (unpaired) electrons. The highest BCUT2D eigenvalue weighted by molar-refractivity contribution is 5.94. The molecule has 1 saturated heterocycles. The summed E-state index contributed by atoms with van der Waals surface area (Å²) in [6, 6.07) is 12.4. The number of rotatable bonds is 7. The van der Waals surface area contributed by atoms with E-state index in [0.717, 1.165) is 0 Å². The molecule has 9 nitrogen and oxygen atoms in total. The summed E-state index contributed by atoms with van der Waals surface area (Å²) < 4.78 is 15.3. The van der Waals surface area contributed by atoms with Crippen LogP contribution in [-0.4, -0.2) is 59.8 Å². The first-order valence-corrected chi connectivity index (χ1v) is 10.9. The van der Waals surface area contributed by atoms with Gasteiger partial charge < -0.3 is 29.5 Å². The Hall–Kier alpha value is -3.75. The van der Waals surface area contributed by atoms with Gasteiger partial charge in [-0.05, 0) is 75.2 Å². The molecule has 0 saturated carbocycles. The average Bonchev–Trinajstić information content (AvgIpc) is 2.81. The molecule has 33 heavy (non-hydrogen) atoms. The monoisotopic (exact) mass is 456 g/mol. The fraction of sp³-hybridized carbons (Fsp3) is 0.375. The lowest BCUT2D eigenvalue weighted by molar-refractivity contribution is -0.128. The number of piperidine rings is 1. The van der Waals surface area contributed by atoms with Gasteiger partial charge in [-0.15, -0.1) is 0 Å². The van der Waals surface area contributed by atoms with Crippen LogP contribution in [-0.2, 0) is 9.53 Å². The molecule has 176 valence electrons. The van der Waals surface area contributed by atoms with Gasteiger partial charge in [0.2, 0.25) is 0 Å². The van der Waals surface area contributed by atoms with Crippen molar-refractivity contribution < 1.29 is 33.7 Å². The van der Waals surface area contributed by atoms with E-state index in [9.17, 15) is 19.5 Å². The van der Waals surface area contributed by atoms with E-state index in [2.05, 4.69) is 5.32 Å². The molecule has 0 aromatic heterocycles. The number of nitrogens with zero attached hydrogens (tertiary/aromatic N) is 1. The lowest BCUT2D eigenvalue weighted by atomic mass is 10.0. The summed E-state index contributed by atoms with van der Waals surface area (Å²) in [6.45, 7) is 4.59. The molecule has 1 aliphatic heterocycles. The summed E-state index contributed by atoms with van der Waals surface area (Å²) in [4.78, 5) is 38.3. The molecule has 1 fully saturated rings. The number of hydrogen-bond donors (Lipinski definition) is 2. The van der Waals surface area contributed by atoms with Crippen molar-refractivity contribution >= 4 is 18.0 Å². The Morgan fingerprint density at radius 1 is 1.03 bits per heavy atom. The first-order valence-electron chi connectivity index (χ1n) is 10.9. The van der Waals surface area contributed by atoms with Crippen molar-refractivity contribution in [3.63, 3.8) is 0 Å². The van der Waals surface area contributed by atoms with Gasteiger partial charge in [0.25, 0.3) is 11.8 Å². The van der Waals surface area contributed by atoms with Crippen molar-refractivity contribution in [1.82, 2.24) is 10.2 Å². The van der Waals surface area contributed by atoms with Gasteiger partial charge in [0.15, 0.2) is 6.10 Å². The van der Waals surface area contributed by atoms with Crippen LogP contribution in [0.3, 0.4) is 0 Å². The lowest BCUT2D eigenvalue weighted by Gasteiger charge is -2.33. The number of aromatic hydroxyl groups is 1. The Kier molecular flexibility index (Phi) is 8.12. The largest absolute Gasteiger partial charge is 0.513 e. The normalized spacial score (nSPS) is 14.8. The number of ether oxygens (including phenoxy) is 3. The van der Waals surface area contributed by atoms with Crippen LogP contribution in [0.5, 0.6) is 17.2 Å². The second-order valence-corrected chi connectivity index (χ2v) is 7.64. The molecule has 1 atom stereocenters. The first kappa shape index (κ1) is 23.9. The Bertz CT molecular complexity index is 952. The molecule has 1 unspecified atom stereocenters. The molecule has 0 spiro atoms. The SMILES string of the molecule is CCOC(=O)Oc1ccc(C(=O)N2CCC(NC(=O)C(C)Oc3ccc(O)cc3)CC2)cc1. The third kappa shape index (κ3) is 6.86. The molecular formula is C24H28N2O7. The Balaban J connectivity index is 1.45. The molecule has 1 heterocycles. The highest BCUT2D eigenvalue weighted by Crippen LogP contribution is 2.19. The molecule has 2 amide bonds. The molecular weight excluding hydrogens is 428 g/mol. The van der Waals surface area contributed by atoms with Crippen molar-refractivity contribution in [1.29, 1.82) is 0 Å². The summed E-state index contributed by atoms with van der Waals surface area (Å²) in [5.74, 6) is 0.572. The summed E-state index contributed by atoms with van der Waals surface area (Å²) in [6.07, 6.45) is -0.214. The van der Waals surface area contributed by atoms with Crippen molar-refractivity contribution in [3.8, 4) is 17.2 Å². The van der Waals surface area contributed by atoms with Crippen LogP contribution in [0.4, 0.5) is 4.79 Å². The van der Waals surface area contributed by atoms with Gasteiger partial charge in [-0.2, -0.15) is 0 Å². The number of phenolic OH excluding ortho intramolecular Hbond substituents is 1. The summed E-state index contributed by atoms with van der Waals surface area (Å²) >= 11 is 0. The average molecular weight is 456 g/mol. The highest BCUT2D eigenvalue weighted by atomic mass is 16.7. The molecule has 0 aliphatic carbocycles. The van der Waals surface area contributed by atoms with Gasteiger partial charge in [-0.25, -0.2) is 4.79 Å². The fourth-order valence-corrected chi connectivity index (χ4v) is 3.42. The quantitative estimate of drug-likeness (QED) is 0.486. The van der Waals surface area contributed by atoms with Crippen LogP contribution >= 0.6 is 0 Å². The van der Waals surface area contributed by atoms with Gasteiger partial charge in [-0.3, -0.25) is 9.59 Å². The maximum Gasteiger partial charge on any atom is 0.513 e. The van der Waals surface area contributed by atoms with Crippen LogP contribution in [0.25, 0.3) is 0 Å². The van der Waals surface area contributed by atoms with E-state index in [1.165, 1.54) is 12.1 Å². The minimum Gasteiger partial charge on any atom is -0.508 e. The minimum atomic E-state index is -0.788. The van der Waals surface area contributed by atoms with E-state index in [0.29, 0.717) is 43.0 Å². The second-order valence-electron chi connectivity index (χ2n) is 7.64. The first-order chi connectivity index (χ1) is 15.9. The van der Waals surface area contributed by atoms with Gasteiger partial charge >= 0.3 is 6.16 Å². The van der Waals surface area contributed by atoms with Gasteiger partial charge in [0.1, 0.15) is 17.2 Å². The van der Waals surface area contributed by atoms with E-state index in [1.54, 1.807) is 55.1 Å². The van der Waals surface area contributed by atoms with Gasteiger partial charge in [-0.1, -0.05) is 0 Å². The van der Waals surface area contributed by atoms with Crippen LogP contribution in [0.2, 0.25) is 0 Å². The van der Waals surface area contributed by atoms with Crippen molar-refractivity contribution in [2.75, 3.05) is 19.7 Å². The highest BCUT2D eigenvalue weighted by Gasteiger charge is 2.26. The molecule has 3 rings (SSSR count). The number of benzene rings is 2. The predicted octanol–water partition coefficient (Wildman–Crippen LogP) is 3.12. The zero-order valence-corrected chi connectivity index (χ0v) is 18.7. The molecule has 0 bridgehead atoms. The summed E-state index contributed by atoms with van der Waals surface area (Å²) in [5, 5.41) is 12.3. The Morgan fingerprint density at radius 3 is 2.24 bits per heavy atom. The van der Waals surface area contributed by atoms with E-state index >= 15 is 0 Å². The minimum absolute atomic E-state index is 0.0484. The molecule has 2 aromatic carbocycles. The fourth-order valence-electron chi connectivity index (χ4n) is 3.42. The predicted molar refractivity (Wildman–Crippen MR) is 119 cm³/mol. The zero-order valence-electron chi connectivity index (χ0n) is 18.7. The van der Waals surface area contributed by atoms with Crippen molar-refractivity contribution in [2.24, 2.45) is 0 Å². The Labute approximate surface area is 192 Å². The van der Waals surface area contributed by atoms with Crippen LogP contribution in [0.1, 0.15) is 37.0 Å². The van der Waals surface area contributed by atoms with Gasteiger partial charge in [0.05, 0.1) is 6.61 Å². The van der Waals surface area contributed by atoms with E-state index < -0.39 is 12.3 Å². The van der Waals surface area contributed by atoms with E-state index in [-0.39, 0.29) is 30.2 Å². The summed E-state index contributed by atoms with van der Waals surface area (Å²) in [5.41, 5.74) is 0.490. The van der Waals surface area contributed by atoms with Gasteiger partial charge in [0, 0.05) is 24.7 Å². The Morgan fingerprint density at radius 2 is 1.64 bits per heavy atom. The number of hydrogen-bond acceptors (Lipinski definition) is 7. The molecule has 1 aliphatic rings.